The number of anilines is 1. The molecule has 4 aromatic rings. The Morgan fingerprint density at radius 2 is 1.87 bits per heavy atom. The van der Waals surface area contributed by atoms with Crippen LogP contribution in [0.25, 0.3) is 16.9 Å². The zero-order valence-corrected chi connectivity index (χ0v) is 21.5. The van der Waals surface area contributed by atoms with E-state index in [-0.39, 0.29) is 38.9 Å². The third kappa shape index (κ3) is 5.70. The van der Waals surface area contributed by atoms with Gasteiger partial charge in [0.05, 0.1) is 39.8 Å². The van der Waals surface area contributed by atoms with E-state index < -0.39 is 11.7 Å². The molecule has 8 nitrogen and oxygen atoms in total. The van der Waals surface area contributed by atoms with E-state index in [9.17, 15) is 14.0 Å². The molecule has 2 aromatic heterocycles. The van der Waals surface area contributed by atoms with Crippen LogP contribution in [0.15, 0.2) is 66.9 Å². The Bertz CT molecular complexity index is 1470. The topological polar surface area (TPSA) is 98.1 Å². The Morgan fingerprint density at radius 1 is 1.05 bits per heavy atom. The van der Waals surface area contributed by atoms with Crippen molar-refractivity contribution >= 4 is 40.8 Å². The summed E-state index contributed by atoms with van der Waals surface area (Å²) in [6.45, 7) is 1.77. The van der Waals surface area contributed by atoms with E-state index in [2.05, 4.69) is 20.7 Å². The van der Waals surface area contributed by atoms with Crippen LogP contribution in [0.4, 0.5) is 10.2 Å². The highest BCUT2D eigenvalue weighted by molar-refractivity contribution is 6.38. The number of ether oxygens (including phenoxy) is 1. The SMILES string of the molecule is O=C(NCC1CCOC1)c1cc(NC(=O)c2cc(-c3ccc(F)cn3)c(Cl)cc2Cl)n(-c2ccccc2)n1. The standard InChI is InChI=1S/C27H22Cl2FN5O3/c28-21-11-22(29)20(10-19(21)23-7-6-17(30)14-31-23)26(36)33-25-12-24(27(37)32-13-16-8-9-38-15-16)34-35(25)18-4-2-1-3-5-18/h1-7,10-12,14,16H,8-9,13,15H2,(H,32,37)(H,33,36). The van der Waals surface area contributed by atoms with Crippen LogP contribution in [0, 0.1) is 11.7 Å². The van der Waals surface area contributed by atoms with Crippen molar-refractivity contribution in [2.75, 3.05) is 25.1 Å². The predicted molar refractivity (Wildman–Crippen MR) is 142 cm³/mol. The molecule has 1 aliphatic heterocycles. The summed E-state index contributed by atoms with van der Waals surface area (Å²) < 4.78 is 20.2. The molecule has 38 heavy (non-hydrogen) atoms. The number of para-hydroxylation sites is 1. The fourth-order valence-electron chi connectivity index (χ4n) is 4.06. The number of pyridine rings is 1. The van der Waals surface area contributed by atoms with Crippen LogP contribution in [0.3, 0.4) is 0 Å². The number of amides is 2. The van der Waals surface area contributed by atoms with Crippen LogP contribution >= 0.6 is 23.2 Å². The van der Waals surface area contributed by atoms with Crippen molar-refractivity contribution in [2.45, 2.75) is 6.42 Å². The summed E-state index contributed by atoms with van der Waals surface area (Å²) >= 11 is 12.7. The Morgan fingerprint density at radius 3 is 2.58 bits per heavy atom. The van der Waals surface area contributed by atoms with E-state index in [1.165, 1.54) is 35.0 Å². The predicted octanol–water partition coefficient (Wildman–Crippen LogP) is 5.40. The molecule has 1 fully saturated rings. The zero-order valence-electron chi connectivity index (χ0n) is 20.0. The molecule has 0 aliphatic carbocycles. The van der Waals surface area contributed by atoms with Gasteiger partial charge >= 0.3 is 0 Å². The van der Waals surface area contributed by atoms with Crippen molar-refractivity contribution in [3.8, 4) is 16.9 Å². The fourth-order valence-corrected chi connectivity index (χ4v) is 4.62. The number of benzene rings is 2. The van der Waals surface area contributed by atoms with Gasteiger partial charge < -0.3 is 15.4 Å². The molecule has 11 heteroatoms. The molecule has 0 spiro atoms. The number of carbonyl (C=O) groups is 2. The lowest BCUT2D eigenvalue weighted by atomic mass is 10.1. The summed E-state index contributed by atoms with van der Waals surface area (Å²) in [7, 11) is 0. The van der Waals surface area contributed by atoms with Gasteiger partial charge in [0.15, 0.2) is 5.69 Å². The minimum absolute atomic E-state index is 0.112. The van der Waals surface area contributed by atoms with Crippen LogP contribution in [-0.2, 0) is 4.74 Å². The Balaban J connectivity index is 1.44. The van der Waals surface area contributed by atoms with Crippen LogP contribution in [0.1, 0.15) is 27.3 Å². The smallest absolute Gasteiger partial charge is 0.271 e. The zero-order chi connectivity index (χ0) is 26.6. The number of rotatable bonds is 7. The summed E-state index contributed by atoms with van der Waals surface area (Å²) in [6.07, 6.45) is 1.95. The fraction of sp³-hybridized carbons (Fsp3) is 0.185. The van der Waals surface area contributed by atoms with Crippen LogP contribution in [-0.4, -0.2) is 46.3 Å². The lowest BCUT2D eigenvalue weighted by Crippen LogP contribution is -2.29. The van der Waals surface area contributed by atoms with Gasteiger partial charge in [0, 0.05) is 30.7 Å². The van der Waals surface area contributed by atoms with Crippen molar-refractivity contribution < 1.29 is 18.7 Å². The van der Waals surface area contributed by atoms with E-state index in [1.54, 1.807) is 12.1 Å². The third-order valence-electron chi connectivity index (χ3n) is 6.06. The molecule has 5 rings (SSSR count). The molecule has 2 N–H and O–H groups in total. The molecule has 0 radical (unpaired) electrons. The second-order valence-corrected chi connectivity index (χ2v) is 9.54. The highest BCUT2D eigenvalue weighted by atomic mass is 35.5. The van der Waals surface area contributed by atoms with Gasteiger partial charge in [-0.05, 0) is 42.8 Å². The molecule has 1 unspecified atom stereocenters. The summed E-state index contributed by atoms with van der Waals surface area (Å²) in [6, 6.07) is 16.2. The van der Waals surface area contributed by atoms with E-state index >= 15 is 0 Å². The van der Waals surface area contributed by atoms with E-state index in [4.69, 9.17) is 27.9 Å². The van der Waals surface area contributed by atoms with Crippen molar-refractivity contribution in [1.29, 1.82) is 0 Å². The van der Waals surface area contributed by atoms with Crippen molar-refractivity contribution in [2.24, 2.45) is 5.92 Å². The van der Waals surface area contributed by atoms with Gasteiger partial charge in [0.25, 0.3) is 11.8 Å². The molecular formula is C27H22Cl2FN5O3. The largest absolute Gasteiger partial charge is 0.381 e. The van der Waals surface area contributed by atoms with Crippen LogP contribution < -0.4 is 10.6 Å². The minimum atomic E-state index is -0.554. The maximum atomic E-state index is 13.4. The number of carbonyl (C=O) groups excluding carboxylic acids is 2. The average molecular weight is 554 g/mol. The monoisotopic (exact) mass is 553 g/mol. The normalized spacial score (nSPS) is 14.9. The molecule has 1 aliphatic rings. The lowest BCUT2D eigenvalue weighted by molar-refractivity contribution is 0.0938. The number of nitrogens with zero attached hydrogens (tertiary/aromatic N) is 3. The van der Waals surface area contributed by atoms with Crippen LogP contribution in [0.5, 0.6) is 0 Å². The van der Waals surface area contributed by atoms with Gasteiger partial charge in [0.1, 0.15) is 11.6 Å². The summed E-state index contributed by atoms with van der Waals surface area (Å²) in [5.41, 5.74) is 1.69. The average Bonchev–Trinajstić information content (AvgIpc) is 3.59. The molecule has 1 atom stereocenters. The molecule has 0 bridgehead atoms. The number of hydrogen-bond acceptors (Lipinski definition) is 5. The molecule has 3 heterocycles. The second-order valence-electron chi connectivity index (χ2n) is 8.73. The van der Waals surface area contributed by atoms with Gasteiger partial charge in [0.2, 0.25) is 0 Å². The molecular weight excluding hydrogens is 532 g/mol. The maximum Gasteiger partial charge on any atom is 0.271 e. The Hall–Kier alpha value is -3.79. The van der Waals surface area contributed by atoms with Gasteiger partial charge in [-0.15, -0.1) is 0 Å². The summed E-state index contributed by atoms with van der Waals surface area (Å²) in [5.74, 6) is -0.893. The number of halogens is 3. The highest BCUT2D eigenvalue weighted by Crippen LogP contribution is 2.32. The van der Waals surface area contributed by atoms with Gasteiger partial charge in [-0.1, -0.05) is 41.4 Å². The summed E-state index contributed by atoms with van der Waals surface area (Å²) in [5, 5.41) is 10.5. The molecule has 2 amide bonds. The third-order valence-corrected chi connectivity index (χ3v) is 6.69. The first-order valence-electron chi connectivity index (χ1n) is 11.8. The Labute approximate surface area is 227 Å². The van der Waals surface area contributed by atoms with Crippen LogP contribution in [0.2, 0.25) is 10.0 Å². The van der Waals surface area contributed by atoms with Crippen molar-refractivity contribution in [3.05, 3.63) is 94.0 Å². The molecule has 1 saturated heterocycles. The first kappa shape index (κ1) is 25.8. The summed E-state index contributed by atoms with van der Waals surface area (Å²) in [4.78, 5) is 30.3. The van der Waals surface area contributed by atoms with Gasteiger partial charge in [-0.3, -0.25) is 14.6 Å². The van der Waals surface area contributed by atoms with E-state index in [0.717, 1.165) is 12.6 Å². The van der Waals surface area contributed by atoms with Crippen molar-refractivity contribution in [1.82, 2.24) is 20.1 Å². The lowest BCUT2D eigenvalue weighted by Gasteiger charge is -2.12. The van der Waals surface area contributed by atoms with Gasteiger partial charge in [-0.25, -0.2) is 9.07 Å². The highest BCUT2D eigenvalue weighted by Gasteiger charge is 2.22. The second kappa shape index (κ2) is 11.3. The molecule has 2 aromatic carbocycles. The van der Waals surface area contributed by atoms with Crippen molar-refractivity contribution in [3.63, 3.8) is 0 Å². The quantitative estimate of drug-likeness (QED) is 0.319. The number of aromatic nitrogens is 3. The number of hydrogen-bond donors (Lipinski definition) is 2. The van der Waals surface area contributed by atoms with E-state index in [0.29, 0.717) is 36.7 Å². The van der Waals surface area contributed by atoms with Gasteiger partial charge in [-0.2, -0.15) is 5.10 Å². The Kier molecular flexibility index (Phi) is 7.69. The first-order chi connectivity index (χ1) is 18.4. The number of nitrogens with one attached hydrogen (secondary N) is 2. The first-order valence-corrected chi connectivity index (χ1v) is 12.6. The van der Waals surface area contributed by atoms with E-state index in [1.807, 2.05) is 18.2 Å². The minimum Gasteiger partial charge on any atom is -0.381 e. The molecule has 0 saturated carbocycles. The maximum absolute atomic E-state index is 13.4. The molecule has 194 valence electrons.